The third kappa shape index (κ3) is 1.28. The van der Waals surface area contributed by atoms with Crippen molar-refractivity contribution in [3.8, 4) is 0 Å². The van der Waals surface area contributed by atoms with Crippen LogP contribution in [0.5, 0.6) is 0 Å². The van der Waals surface area contributed by atoms with Crippen molar-refractivity contribution in [3.05, 3.63) is 23.0 Å². The highest BCUT2D eigenvalue weighted by molar-refractivity contribution is 6.10. The van der Waals surface area contributed by atoms with Gasteiger partial charge in [-0.15, -0.1) is 0 Å². The van der Waals surface area contributed by atoms with E-state index in [0.29, 0.717) is 0 Å². The maximum atomic E-state index is 12.3. The fraction of sp³-hybridized carbons (Fsp3) is 0.625. The Morgan fingerprint density at radius 3 is 2.42 bits per heavy atom. The van der Waals surface area contributed by atoms with Crippen molar-refractivity contribution < 1.29 is 14.3 Å². The molecular formula is C16H20O3. The van der Waals surface area contributed by atoms with E-state index in [9.17, 15) is 9.59 Å². The predicted molar refractivity (Wildman–Crippen MR) is 71.3 cm³/mol. The van der Waals surface area contributed by atoms with Gasteiger partial charge in [-0.2, -0.15) is 0 Å². The molecule has 1 fully saturated rings. The third-order valence-electron chi connectivity index (χ3n) is 5.50. The van der Waals surface area contributed by atoms with Gasteiger partial charge in [0.25, 0.3) is 0 Å². The summed E-state index contributed by atoms with van der Waals surface area (Å²) >= 11 is 0. The molecule has 1 saturated carbocycles. The highest BCUT2D eigenvalue weighted by atomic mass is 16.5. The lowest BCUT2D eigenvalue weighted by Gasteiger charge is -2.51. The van der Waals surface area contributed by atoms with Crippen molar-refractivity contribution in [2.24, 2.45) is 17.3 Å². The Morgan fingerprint density at radius 1 is 1.16 bits per heavy atom. The van der Waals surface area contributed by atoms with Crippen LogP contribution in [0.2, 0.25) is 0 Å². The van der Waals surface area contributed by atoms with Crippen molar-refractivity contribution in [2.45, 2.75) is 46.6 Å². The maximum Gasteiger partial charge on any atom is 0.148 e. The van der Waals surface area contributed by atoms with E-state index in [4.69, 9.17) is 4.74 Å². The average molecular weight is 260 g/mol. The number of ketones is 2. The summed E-state index contributed by atoms with van der Waals surface area (Å²) < 4.78 is 6.07. The molecule has 3 rings (SSSR count). The molecule has 2 aliphatic carbocycles. The minimum absolute atomic E-state index is 0.0766. The van der Waals surface area contributed by atoms with Gasteiger partial charge in [0.2, 0.25) is 0 Å². The van der Waals surface area contributed by atoms with Gasteiger partial charge in [-0.25, -0.2) is 0 Å². The maximum absolute atomic E-state index is 12.3. The van der Waals surface area contributed by atoms with E-state index in [1.54, 1.807) is 0 Å². The summed E-state index contributed by atoms with van der Waals surface area (Å²) in [4.78, 5) is 24.5. The summed E-state index contributed by atoms with van der Waals surface area (Å²) in [6.45, 7) is 10.1. The van der Waals surface area contributed by atoms with E-state index in [1.807, 2.05) is 26.8 Å². The number of hydrogen-bond donors (Lipinski definition) is 0. The second-order valence-electron chi connectivity index (χ2n) is 6.77. The molecule has 3 aliphatic rings. The molecule has 1 heterocycles. The van der Waals surface area contributed by atoms with Crippen LogP contribution in [0.3, 0.4) is 0 Å². The lowest BCUT2D eigenvalue weighted by Crippen LogP contribution is -2.54. The Labute approximate surface area is 113 Å². The summed E-state index contributed by atoms with van der Waals surface area (Å²) in [5, 5.41) is 0. The Kier molecular flexibility index (Phi) is 2.25. The van der Waals surface area contributed by atoms with E-state index in [2.05, 4.69) is 13.8 Å². The predicted octanol–water partition coefficient (Wildman–Crippen LogP) is 2.81. The first-order chi connectivity index (χ1) is 8.70. The van der Waals surface area contributed by atoms with Crippen LogP contribution in [0.4, 0.5) is 0 Å². The van der Waals surface area contributed by atoms with Crippen LogP contribution in [0, 0.1) is 17.3 Å². The van der Waals surface area contributed by atoms with E-state index in [1.165, 1.54) is 0 Å². The smallest absolute Gasteiger partial charge is 0.148 e. The highest BCUT2D eigenvalue weighted by Crippen LogP contribution is 2.60. The molecule has 102 valence electrons. The zero-order valence-corrected chi connectivity index (χ0v) is 12.2. The number of hydrogen-bond acceptors (Lipinski definition) is 3. The Balaban J connectivity index is 2.28. The first-order valence-corrected chi connectivity index (χ1v) is 6.84. The normalized spacial score (nSPS) is 39.9. The highest BCUT2D eigenvalue weighted by Gasteiger charge is 2.63. The average Bonchev–Trinajstić information content (AvgIpc) is 2.75. The number of ether oxygens (including phenoxy) is 1. The molecule has 19 heavy (non-hydrogen) atoms. The topological polar surface area (TPSA) is 43.4 Å². The first-order valence-electron chi connectivity index (χ1n) is 6.84. The number of carbonyl (C=O) groups is 2. The molecule has 0 aromatic carbocycles. The number of carbonyl (C=O) groups excluding carboxylic acids is 2. The summed E-state index contributed by atoms with van der Waals surface area (Å²) in [7, 11) is 0. The van der Waals surface area contributed by atoms with Gasteiger partial charge in [-0.1, -0.05) is 19.4 Å². The van der Waals surface area contributed by atoms with E-state index in [-0.39, 0.29) is 35.2 Å². The Bertz CT molecular complexity index is 565. The minimum atomic E-state index is -0.497. The molecule has 0 saturated heterocycles. The van der Waals surface area contributed by atoms with Gasteiger partial charge < -0.3 is 4.74 Å². The molecule has 0 N–H and O–H groups in total. The summed E-state index contributed by atoms with van der Waals surface area (Å²) in [6.07, 6.45) is 2.12. The first kappa shape index (κ1) is 12.6. The molecule has 0 bridgehead atoms. The second-order valence-corrected chi connectivity index (χ2v) is 6.77. The van der Waals surface area contributed by atoms with Crippen molar-refractivity contribution in [1.29, 1.82) is 0 Å². The van der Waals surface area contributed by atoms with E-state index >= 15 is 0 Å². The zero-order chi connectivity index (χ0) is 14.2. The molecule has 0 spiro atoms. The van der Waals surface area contributed by atoms with Gasteiger partial charge >= 0.3 is 0 Å². The van der Waals surface area contributed by atoms with Crippen molar-refractivity contribution in [3.63, 3.8) is 0 Å². The largest absolute Gasteiger partial charge is 0.487 e. The van der Waals surface area contributed by atoms with Crippen LogP contribution in [0.15, 0.2) is 23.0 Å². The monoisotopic (exact) mass is 260 g/mol. The summed E-state index contributed by atoms with van der Waals surface area (Å²) in [5.41, 5.74) is 1.26. The van der Waals surface area contributed by atoms with Gasteiger partial charge in [0, 0.05) is 17.3 Å². The van der Waals surface area contributed by atoms with Gasteiger partial charge in [0.1, 0.15) is 17.2 Å². The number of Topliss-reactive ketones (excluding diaryl/α,β-unsaturated/α-hetero) is 2. The second kappa shape index (κ2) is 3.38. The minimum Gasteiger partial charge on any atom is -0.487 e. The molecule has 3 heteroatoms. The molecule has 1 aliphatic heterocycles. The van der Waals surface area contributed by atoms with Crippen LogP contribution < -0.4 is 0 Å². The molecule has 3 nitrogen and oxygen atoms in total. The lowest BCUT2D eigenvalue weighted by molar-refractivity contribution is -0.135. The van der Waals surface area contributed by atoms with Gasteiger partial charge in [0.15, 0.2) is 0 Å². The fourth-order valence-corrected chi connectivity index (χ4v) is 4.25. The third-order valence-corrected chi connectivity index (χ3v) is 5.50. The summed E-state index contributed by atoms with van der Waals surface area (Å²) in [6, 6.07) is 0. The standard InChI is InChI=1S/C16H20O3/c1-8-6-10-9(2)13-11(17)7-12(18)14(13)15(3,4)16(10,5)19-8/h6,13-14H,7H2,1-5H3. The van der Waals surface area contributed by atoms with Crippen LogP contribution >= 0.6 is 0 Å². The lowest BCUT2D eigenvalue weighted by atomic mass is 9.55. The van der Waals surface area contributed by atoms with Crippen LogP contribution in [0.1, 0.15) is 41.0 Å². The van der Waals surface area contributed by atoms with E-state index in [0.717, 1.165) is 16.9 Å². The molecule has 0 amide bonds. The van der Waals surface area contributed by atoms with E-state index < -0.39 is 5.60 Å². The van der Waals surface area contributed by atoms with Crippen LogP contribution in [-0.2, 0) is 14.3 Å². The molecule has 3 atom stereocenters. The zero-order valence-electron chi connectivity index (χ0n) is 12.2. The Hall–Kier alpha value is -1.38. The molecule has 0 radical (unpaired) electrons. The van der Waals surface area contributed by atoms with Gasteiger partial charge in [0.05, 0.1) is 12.2 Å². The Morgan fingerprint density at radius 2 is 1.79 bits per heavy atom. The molecule has 0 aromatic rings. The van der Waals surface area contributed by atoms with Crippen LogP contribution in [-0.4, -0.2) is 17.2 Å². The summed E-state index contributed by atoms with van der Waals surface area (Å²) in [5.74, 6) is 0.537. The van der Waals surface area contributed by atoms with Gasteiger partial charge in [-0.05, 0) is 32.4 Å². The fourth-order valence-electron chi connectivity index (χ4n) is 4.25. The number of allylic oxidation sites excluding steroid dienone is 2. The molecule has 3 unspecified atom stereocenters. The van der Waals surface area contributed by atoms with Crippen molar-refractivity contribution in [1.82, 2.24) is 0 Å². The number of fused-ring (bicyclic) bond motifs is 2. The quantitative estimate of drug-likeness (QED) is 0.629. The van der Waals surface area contributed by atoms with Gasteiger partial charge in [-0.3, -0.25) is 9.59 Å². The van der Waals surface area contributed by atoms with Crippen molar-refractivity contribution >= 4 is 11.6 Å². The molecular weight excluding hydrogens is 240 g/mol. The molecule has 0 aromatic heterocycles. The number of rotatable bonds is 0. The van der Waals surface area contributed by atoms with Crippen LogP contribution in [0.25, 0.3) is 0 Å². The van der Waals surface area contributed by atoms with Crippen molar-refractivity contribution in [2.75, 3.05) is 0 Å². The SMILES string of the molecule is CC1=CC2=C(C)C3C(=O)CC(=O)C3C(C)(C)C2(C)O1.